The lowest BCUT2D eigenvalue weighted by Crippen LogP contribution is -2.67. The molecule has 1 aromatic rings. The van der Waals surface area contributed by atoms with Crippen LogP contribution in [0.3, 0.4) is 0 Å². The number of fused-ring (bicyclic) bond motifs is 2. The van der Waals surface area contributed by atoms with Crippen molar-refractivity contribution in [3.63, 3.8) is 0 Å². The highest BCUT2D eigenvalue weighted by Crippen LogP contribution is 2.66. The molecular weight excluding hydrogens is 332 g/mol. The Kier molecular flexibility index (Phi) is 4.70. The van der Waals surface area contributed by atoms with Gasteiger partial charge in [-0.25, -0.2) is 0 Å². The van der Waals surface area contributed by atoms with E-state index in [1.807, 2.05) is 30.3 Å². The molecule has 1 aromatic carbocycles. The molecule has 140 valence electrons. The van der Waals surface area contributed by atoms with Crippen molar-refractivity contribution in [1.29, 1.82) is 0 Å². The van der Waals surface area contributed by atoms with Crippen LogP contribution in [0.4, 0.5) is 0 Å². The molecule has 4 rings (SSSR count). The van der Waals surface area contributed by atoms with E-state index in [0.29, 0.717) is 25.4 Å². The molecule has 2 N–H and O–H groups in total. The van der Waals surface area contributed by atoms with Crippen molar-refractivity contribution in [1.82, 2.24) is 0 Å². The average Bonchev–Trinajstić information content (AvgIpc) is 3.16. The zero-order valence-corrected chi connectivity index (χ0v) is 15.1. The molecule has 5 atom stereocenters. The number of ether oxygens (including phenoxy) is 3. The summed E-state index contributed by atoms with van der Waals surface area (Å²) in [4.78, 5) is 0. The Labute approximate surface area is 154 Å². The summed E-state index contributed by atoms with van der Waals surface area (Å²) in [5.74, 6) is 6.27. The number of benzene rings is 1. The maximum absolute atomic E-state index is 10.5. The molecule has 0 bridgehead atoms. The fraction of sp³-hybridized carbons (Fsp3) is 0.619. The van der Waals surface area contributed by atoms with Gasteiger partial charge < -0.3 is 24.4 Å². The molecule has 1 heterocycles. The zero-order valence-electron chi connectivity index (χ0n) is 15.1. The fourth-order valence-electron chi connectivity index (χ4n) is 4.72. The minimum atomic E-state index is -0.886. The number of hydrogen-bond acceptors (Lipinski definition) is 5. The molecule has 5 nitrogen and oxygen atoms in total. The number of aliphatic hydroxyl groups is 2. The monoisotopic (exact) mass is 358 g/mol. The molecule has 3 aliphatic rings. The maximum atomic E-state index is 10.5. The van der Waals surface area contributed by atoms with Crippen LogP contribution in [0.5, 0.6) is 5.75 Å². The van der Waals surface area contributed by atoms with Gasteiger partial charge in [0, 0.05) is 11.8 Å². The molecule has 1 aliphatic heterocycles. The normalized spacial score (nSPS) is 35.7. The predicted molar refractivity (Wildman–Crippen MR) is 95.3 cm³/mol. The molecular formula is C21H26O5. The minimum absolute atomic E-state index is 0.109. The smallest absolute Gasteiger partial charge is 0.174 e. The Balaban J connectivity index is 1.40. The van der Waals surface area contributed by atoms with Crippen LogP contribution in [0.15, 0.2) is 30.3 Å². The highest BCUT2D eigenvalue weighted by Gasteiger charge is 2.69. The Hall–Kier alpha value is -1.58. The first-order valence-electron chi connectivity index (χ1n) is 9.37. The van der Waals surface area contributed by atoms with Crippen molar-refractivity contribution in [3.05, 3.63) is 30.3 Å². The lowest BCUT2D eigenvalue weighted by molar-refractivity contribution is -0.344. The van der Waals surface area contributed by atoms with Crippen LogP contribution < -0.4 is 4.74 Å². The van der Waals surface area contributed by atoms with E-state index in [9.17, 15) is 10.2 Å². The second-order valence-corrected chi connectivity index (χ2v) is 7.74. The molecule has 5 heteroatoms. The Morgan fingerprint density at radius 3 is 2.73 bits per heavy atom. The van der Waals surface area contributed by atoms with E-state index in [0.717, 1.165) is 12.8 Å². The highest BCUT2D eigenvalue weighted by molar-refractivity contribution is 5.23. The molecule has 0 unspecified atom stereocenters. The van der Waals surface area contributed by atoms with Gasteiger partial charge in [-0.05, 0) is 30.9 Å². The van der Waals surface area contributed by atoms with E-state index in [1.54, 1.807) is 0 Å². The van der Waals surface area contributed by atoms with Crippen molar-refractivity contribution in [3.8, 4) is 17.6 Å². The quantitative estimate of drug-likeness (QED) is 0.809. The first-order valence-corrected chi connectivity index (χ1v) is 9.37. The molecule has 26 heavy (non-hydrogen) atoms. The van der Waals surface area contributed by atoms with E-state index in [-0.39, 0.29) is 23.9 Å². The van der Waals surface area contributed by atoms with Gasteiger partial charge in [0.25, 0.3) is 0 Å². The number of para-hydroxylation sites is 1. The van der Waals surface area contributed by atoms with Crippen molar-refractivity contribution in [2.75, 3.05) is 19.8 Å². The van der Waals surface area contributed by atoms with Crippen LogP contribution in [-0.2, 0) is 9.47 Å². The van der Waals surface area contributed by atoms with Crippen LogP contribution in [0.1, 0.15) is 26.2 Å². The molecule has 2 saturated carbocycles. The van der Waals surface area contributed by atoms with Gasteiger partial charge in [-0.3, -0.25) is 0 Å². The van der Waals surface area contributed by atoms with Crippen molar-refractivity contribution < 1.29 is 24.4 Å². The standard InChI is InChI=1S/C21H26O5/c1-20-10-9-19(23)17(18(20)13-21(20)25-11-12-26-21)8-7-15(22)14-24-16-5-3-2-4-6-16/h2-6,15,17-19,22-23H,9-14H2,1H3/t15-,17-,18-,19-,20+/m0/s1. The lowest BCUT2D eigenvalue weighted by atomic mass is 9.47. The summed E-state index contributed by atoms with van der Waals surface area (Å²) in [6.45, 7) is 3.56. The average molecular weight is 358 g/mol. The van der Waals surface area contributed by atoms with Crippen molar-refractivity contribution >= 4 is 0 Å². The van der Waals surface area contributed by atoms with Gasteiger partial charge >= 0.3 is 0 Å². The number of hydrogen-bond donors (Lipinski definition) is 2. The van der Waals surface area contributed by atoms with Gasteiger partial charge in [0.2, 0.25) is 0 Å². The van der Waals surface area contributed by atoms with Crippen LogP contribution in [0.25, 0.3) is 0 Å². The minimum Gasteiger partial charge on any atom is -0.490 e. The zero-order chi connectivity index (χ0) is 18.2. The summed E-state index contributed by atoms with van der Waals surface area (Å²) in [7, 11) is 0. The Morgan fingerprint density at radius 1 is 1.27 bits per heavy atom. The number of rotatable bonds is 3. The van der Waals surface area contributed by atoms with Crippen LogP contribution >= 0.6 is 0 Å². The second kappa shape index (κ2) is 6.86. The second-order valence-electron chi connectivity index (χ2n) is 7.74. The van der Waals surface area contributed by atoms with Gasteiger partial charge in [-0.2, -0.15) is 0 Å². The summed E-state index contributed by atoms with van der Waals surface area (Å²) < 4.78 is 17.4. The Bertz CT molecular complexity index is 687. The molecule has 0 aromatic heterocycles. The molecule has 0 amide bonds. The lowest BCUT2D eigenvalue weighted by Gasteiger charge is -2.64. The van der Waals surface area contributed by atoms with Crippen LogP contribution in [0, 0.1) is 29.1 Å². The van der Waals surface area contributed by atoms with Gasteiger partial charge in [0.15, 0.2) is 5.79 Å². The maximum Gasteiger partial charge on any atom is 0.174 e. The van der Waals surface area contributed by atoms with E-state index < -0.39 is 18.0 Å². The van der Waals surface area contributed by atoms with E-state index in [2.05, 4.69) is 18.8 Å². The topological polar surface area (TPSA) is 68.2 Å². The molecule has 1 saturated heterocycles. The van der Waals surface area contributed by atoms with Crippen molar-refractivity contribution in [2.24, 2.45) is 17.3 Å². The third-order valence-corrected chi connectivity index (χ3v) is 6.31. The summed E-state index contributed by atoms with van der Waals surface area (Å²) in [6.07, 6.45) is 0.954. The first kappa shape index (κ1) is 17.8. The van der Waals surface area contributed by atoms with Crippen LogP contribution in [0.2, 0.25) is 0 Å². The van der Waals surface area contributed by atoms with Gasteiger partial charge in [-0.15, -0.1) is 0 Å². The molecule has 0 radical (unpaired) electrons. The third-order valence-electron chi connectivity index (χ3n) is 6.31. The van der Waals surface area contributed by atoms with E-state index in [1.165, 1.54) is 0 Å². The van der Waals surface area contributed by atoms with Crippen LogP contribution in [-0.4, -0.2) is 48.0 Å². The van der Waals surface area contributed by atoms with Gasteiger partial charge in [0.1, 0.15) is 18.5 Å². The highest BCUT2D eigenvalue weighted by atomic mass is 16.7. The molecule has 3 fully saturated rings. The third kappa shape index (κ3) is 2.91. The van der Waals surface area contributed by atoms with Gasteiger partial charge in [0.05, 0.1) is 25.2 Å². The first-order chi connectivity index (χ1) is 12.5. The fourth-order valence-corrected chi connectivity index (χ4v) is 4.72. The molecule has 1 spiro atoms. The summed E-state index contributed by atoms with van der Waals surface area (Å²) in [5.41, 5.74) is -0.117. The van der Waals surface area contributed by atoms with Gasteiger partial charge in [-0.1, -0.05) is 37.0 Å². The van der Waals surface area contributed by atoms with E-state index in [4.69, 9.17) is 14.2 Å². The Morgan fingerprint density at radius 2 is 2.00 bits per heavy atom. The molecule has 2 aliphatic carbocycles. The van der Waals surface area contributed by atoms with Crippen molar-refractivity contribution in [2.45, 2.75) is 44.2 Å². The summed E-state index contributed by atoms with van der Waals surface area (Å²) >= 11 is 0. The SMILES string of the molecule is C[C@@]12CC[C@H](O)[C@@H](C#C[C@H](O)COc3ccccc3)[C@@H]1CC21OCCO1. The van der Waals surface area contributed by atoms with E-state index >= 15 is 0 Å². The summed E-state index contributed by atoms with van der Waals surface area (Å²) in [6, 6.07) is 9.35. The summed E-state index contributed by atoms with van der Waals surface area (Å²) in [5, 5.41) is 20.6. The largest absolute Gasteiger partial charge is 0.490 e. The predicted octanol–water partition coefficient (Wildman–Crippen LogP) is 1.97. The number of aliphatic hydroxyl groups excluding tert-OH is 2.